The minimum atomic E-state index is 0.704. The molecular weight excluding hydrogens is 150 g/mol. The molecular formula is C10H15NO. The molecule has 2 nitrogen and oxygen atoms in total. The third-order valence-corrected chi connectivity index (χ3v) is 2.51. The Hall–Kier alpha value is -0.760. The standard InChI is InChI=1S/C10H15NO/c1-7-5-9(7)10-4-3-8(12-10)6-11-2/h3-4,7,9,11H,5-6H2,1-2H3. The molecule has 1 aromatic heterocycles. The molecule has 0 spiro atoms. The summed E-state index contributed by atoms with van der Waals surface area (Å²) >= 11 is 0. The summed E-state index contributed by atoms with van der Waals surface area (Å²) in [5, 5.41) is 3.07. The fourth-order valence-electron chi connectivity index (χ4n) is 1.58. The fourth-order valence-corrected chi connectivity index (χ4v) is 1.58. The Morgan fingerprint density at radius 3 is 2.92 bits per heavy atom. The van der Waals surface area contributed by atoms with Gasteiger partial charge in [0.25, 0.3) is 0 Å². The second kappa shape index (κ2) is 2.94. The first kappa shape index (κ1) is 7.87. The highest BCUT2D eigenvalue weighted by atomic mass is 16.3. The van der Waals surface area contributed by atoms with Crippen molar-refractivity contribution >= 4 is 0 Å². The maximum absolute atomic E-state index is 5.66. The summed E-state index contributed by atoms with van der Waals surface area (Å²) in [6.45, 7) is 3.10. The number of hydrogen-bond acceptors (Lipinski definition) is 2. The average Bonchev–Trinajstić information content (AvgIpc) is 2.62. The minimum absolute atomic E-state index is 0.704. The molecule has 2 heteroatoms. The molecule has 2 unspecified atom stereocenters. The molecule has 1 N–H and O–H groups in total. The van der Waals surface area contributed by atoms with Gasteiger partial charge in [0.1, 0.15) is 11.5 Å². The summed E-state index contributed by atoms with van der Waals surface area (Å²) in [4.78, 5) is 0. The van der Waals surface area contributed by atoms with E-state index in [1.807, 2.05) is 7.05 Å². The molecule has 1 fully saturated rings. The predicted octanol–water partition coefficient (Wildman–Crippen LogP) is 2.12. The van der Waals surface area contributed by atoms with Crippen molar-refractivity contribution < 1.29 is 4.42 Å². The van der Waals surface area contributed by atoms with Gasteiger partial charge in [-0.05, 0) is 31.5 Å². The fraction of sp³-hybridized carbons (Fsp3) is 0.600. The van der Waals surface area contributed by atoms with E-state index in [4.69, 9.17) is 4.42 Å². The molecule has 1 heterocycles. The number of rotatable bonds is 3. The van der Waals surface area contributed by atoms with Crippen LogP contribution in [-0.4, -0.2) is 7.05 Å². The van der Waals surface area contributed by atoms with Crippen molar-refractivity contribution in [3.63, 3.8) is 0 Å². The second-order valence-corrected chi connectivity index (χ2v) is 3.65. The summed E-state index contributed by atoms with van der Waals surface area (Å²) < 4.78 is 5.66. The van der Waals surface area contributed by atoms with Crippen LogP contribution in [0, 0.1) is 5.92 Å². The lowest BCUT2D eigenvalue weighted by molar-refractivity contribution is 0.452. The lowest BCUT2D eigenvalue weighted by Gasteiger charge is -1.93. The topological polar surface area (TPSA) is 25.2 Å². The minimum Gasteiger partial charge on any atom is -0.464 e. The van der Waals surface area contributed by atoms with Gasteiger partial charge in [0, 0.05) is 5.92 Å². The van der Waals surface area contributed by atoms with Crippen LogP contribution in [0.3, 0.4) is 0 Å². The normalized spacial score (nSPS) is 27.5. The van der Waals surface area contributed by atoms with Gasteiger partial charge in [-0.2, -0.15) is 0 Å². The van der Waals surface area contributed by atoms with E-state index in [0.29, 0.717) is 5.92 Å². The lowest BCUT2D eigenvalue weighted by atomic mass is 10.3. The molecule has 0 bridgehead atoms. The van der Waals surface area contributed by atoms with Crippen LogP contribution >= 0.6 is 0 Å². The van der Waals surface area contributed by atoms with E-state index in [2.05, 4.69) is 24.4 Å². The van der Waals surface area contributed by atoms with E-state index in [1.54, 1.807) is 0 Å². The van der Waals surface area contributed by atoms with Gasteiger partial charge in [0.05, 0.1) is 6.54 Å². The van der Waals surface area contributed by atoms with E-state index in [1.165, 1.54) is 12.2 Å². The van der Waals surface area contributed by atoms with Crippen LogP contribution in [0.1, 0.15) is 30.8 Å². The summed E-state index contributed by atoms with van der Waals surface area (Å²) in [7, 11) is 1.93. The van der Waals surface area contributed by atoms with E-state index >= 15 is 0 Å². The lowest BCUT2D eigenvalue weighted by Crippen LogP contribution is -2.03. The summed E-state index contributed by atoms with van der Waals surface area (Å²) in [5.41, 5.74) is 0. The Kier molecular flexibility index (Phi) is 1.93. The van der Waals surface area contributed by atoms with Crippen molar-refractivity contribution in [2.45, 2.75) is 25.8 Å². The van der Waals surface area contributed by atoms with Crippen LogP contribution in [0.25, 0.3) is 0 Å². The van der Waals surface area contributed by atoms with E-state index < -0.39 is 0 Å². The predicted molar refractivity (Wildman–Crippen MR) is 48.0 cm³/mol. The third kappa shape index (κ3) is 1.39. The molecule has 12 heavy (non-hydrogen) atoms. The van der Waals surface area contributed by atoms with Crippen LogP contribution in [-0.2, 0) is 6.54 Å². The summed E-state index contributed by atoms with van der Waals surface area (Å²) in [5.74, 6) is 3.76. The SMILES string of the molecule is CNCc1ccc(C2CC2C)o1. The summed E-state index contributed by atoms with van der Waals surface area (Å²) in [6, 6.07) is 4.18. The number of hydrogen-bond donors (Lipinski definition) is 1. The zero-order valence-corrected chi connectivity index (χ0v) is 7.63. The van der Waals surface area contributed by atoms with Crippen LogP contribution in [0.4, 0.5) is 0 Å². The first-order valence-corrected chi connectivity index (χ1v) is 4.54. The first-order chi connectivity index (χ1) is 5.81. The van der Waals surface area contributed by atoms with Gasteiger partial charge in [-0.3, -0.25) is 0 Å². The van der Waals surface area contributed by atoms with Gasteiger partial charge in [0.15, 0.2) is 0 Å². The Bertz CT molecular complexity index is 267. The molecule has 0 aliphatic heterocycles. The highest BCUT2D eigenvalue weighted by Crippen LogP contribution is 2.47. The zero-order valence-electron chi connectivity index (χ0n) is 7.63. The molecule has 1 aromatic rings. The van der Waals surface area contributed by atoms with Crippen LogP contribution < -0.4 is 5.32 Å². The molecule has 66 valence electrons. The Labute approximate surface area is 73.0 Å². The van der Waals surface area contributed by atoms with Crippen molar-refractivity contribution in [2.24, 2.45) is 5.92 Å². The van der Waals surface area contributed by atoms with E-state index in [-0.39, 0.29) is 0 Å². The van der Waals surface area contributed by atoms with Gasteiger partial charge in [0.2, 0.25) is 0 Å². The van der Waals surface area contributed by atoms with Crippen molar-refractivity contribution in [3.05, 3.63) is 23.7 Å². The molecule has 1 aliphatic carbocycles. The number of nitrogens with one attached hydrogen (secondary N) is 1. The molecule has 0 saturated heterocycles. The maximum Gasteiger partial charge on any atom is 0.117 e. The Morgan fingerprint density at radius 1 is 1.58 bits per heavy atom. The second-order valence-electron chi connectivity index (χ2n) is 3.65. The molecule has 2 atom stereocenters. The summed E-state index contributed by atoms with van der Waals surface area (Å²) in [6.07, 6.45) is 1.30. The van der Waals surface area contributed by atoms with E-state index in [9.17, 15) is 0 Å². The molecule has 2 rings (SSSR count). The van der Waals surface area contributed by atoms with Crippen LogP contribution in [0.5, 0.6) is 0 Å². The van der Waals surface area contributed by atoms with Crippen LogP contribution in [0.15, 0.2) is 16.5 Å². The van der Waals surface area contributed by atoms with Crippen LogP contribution in [0.2, 0.25) is 0 Å². The van der Waals surface area contributed by atoms with E-state index in [0.717, 1.165) is 18.2 Å². The molecule has 0 amide bonds. The molecule has 1 saturated carbocycles. The smallest absolute Gasteiger partial charge is 0.117 e. The van der Waals surface area contributed by atoms with Crippen molar-refractivity contribution in [2.75, 3.05) is 7.05 Å². The quantitative estimate of drug-likeness (QED) is 0.742. The van der Waals surface area contributed by atoms with Crippen molar-refractivity contribution in [3.8, 4) is 0 Å². The van der Waals surface area contributed by atoms with Gasteiger partial charge < -0.3 is 9.73 Å². The molecule has 1 aliphatic rings. The first-order valence-electron chi connectivity index (χ1n) is 4.54. The average molecular weight is 165 g/mol. The number of furan rings is 1. The van der Waals surface area contributed by atoms with Crippen molar-refractivity contribution in [1.82, 2.24) is 5.32 Å². The van der Waals surface area contributed by atoms with Crippen molar-refractivity contribution in [1.29, 1.82) is 0 Å². The zero-order chi connectivity index (χ0) is 8.55. The Morgan fingerprint density at radius 2 is 2.33 bits per heavy atom. The van der Waals surface area contributed by atoms with Gasteiger partial charge in [-0.25, -0.2) is 0 Å². The molecule has 0 radical (unpaired) electrons. The van der Waals surface area contributed by atoms with Gasteiger partial charge >= 0.3 is 0 Å². The highest BCUT2D eigenvalue weighted by Gasteiger charge is 2.36. The van der Waals surface area contributed by atoms with Gasteiger partial charge in [-0.1, -0.05) is 6.92 Å². The maximum atomic E-state index is 5.66. The highest BCUT2D eigenvalue weighted by molar-refractivity contribution is 5.17. The van der Waals surface area contributed by atoms with Gasteiger partial charge in [-0.15, -0.1) is 0 Å². The Balaban J connectivity index is 2.04. The third-order valence-electron chi connectivity index (χ3n) is 2.51. The molecule has 0 aromatic carbocycles. The monoisotopic (exact) mass is 165 g/mol. The largest absolute Gasteiger partial charge is 0.464 e.